The molecule has 1 aliphatic rings. The lowest BCUT2D eigenvalue weighted by atomic mass is 10.1. The van der Waals surface area contributed by atoms with Gasteiger partial charge in [-0.15, -0.1) is 0 Å². The van der Waals surface area contributed by atoms with Crippen molar-refractivity contribution >= 4 is 23.8 Å². The molecule has 0 spiro atoms. The summed E-state index contributed by atoms with van der Waals surface area (Å²) in [6, 6.07) is -0.311. The molecule has 2 amide bonds. The second-order valence-electron chi connectivity index (χ2n) is 3.67. The molecule has 1 saturated heterocycles. The van der Waals surface area contributed by atoms with E-state index < -0.39 is 5.97 Å². The fourth-order valence-electron chi connectivity index (χ4n) is 1.39. The van der Waals surface area contributed by atoms with Crippen molar-refractivity contribution in [2.45, 2.75) is 6.42 Å². The van der Waals surface area contributed by atoms with E-state index in [1.807, 2.05) is 11.8 Å². The molecule has 6 heteroatoms. The third-order valence-corrected chi connectivity index (χ3v) is 3.52. The lowest BCUT2D eigenvalue weighted by molar-refractivity contribution is -0.137. The van der Waals surface area contributed by atoms with E-state index >= 15 is 0 Å². The number of amides is 2. The van der Waals surface area contributed by atoms with Crippen molar-refractivity contribution in [3.05, 3.63) is 0 Å². The summed E-state index contributed by atoms with van der Waals surface area (Å²) in [6.07, 6.45) is 1.13. The van der Waals surface area contributed by atoms with Gasteiger partial charge >= 0.3 is 12.0 Å². The van der Waals surface area contributed by atoms with Crippen LogP contribution in [0.3, 0.4) is 0 Å². The Morgan fingerprint density at radius 3 is 2.87 bits per heavy atom. The van der Waals surface area contributed by atoms with Crippen LogP contribution in [0.15, 0.2) is 0 Å². The summed E-state index contributed by atoms with van der Waals surface area (Å²) in [5.74, 6) is 1.79. The van der Waals surface area contributed by atoms with Crippen LogP contribution in [-0.4, -0.2) is 53.6 Å². The number of carbonyl (C=O) groups is 2. The van der Waals surface area contributed by atoms with Gasteiger partial charge in [-0.05, 0) is 23.8 Å². The number of hydrogen-bond acceptors (Lipinski definition) is 3. The Hall–Kier alpha value is -0.910. The Morgan fingerprint density at radius 2 is 2.33 bits per heavy atom. The van der Waals surface area contributed by atoms with Crippen LogP contribution in [0.2, 0.25) is 0 Å². The zero-order valence-electron chi connectivity index (χ0n) is 8.73. The first kappa shape index (κ1) is 12.2. The third kappa shape index (κ3) is 4.42. The maximum atomic E-state index is 11.4. The molecule has 0 saturated carbocycles. The molecule has 0 bridgehead atoms. The largest absolute Gasteiger partial charge is 0.480 e. The van der Waals surface area contributed by atoms with Crippen molar-refractivity contribution in [2.24, 2.45) is 5.92 Å². The molecule has 5 nitrogen and oxygen atoms in total. The average molecular weight is 232 g/mol. The topological polar surface area (TPSA) is 69.6 Å². The molecule has 0 aromatic heterocycles. The normalized spacial score (nSPS) is 19.9. The van der Waals surface area contributed by atoms with Crippen LogP contribution < -0.4 is 5.32 Å². The van der Waals surface area contributed by atoms with Gasteiger partial charge in [0.2, 0.25) is 0 Å². The van der Waals surface area contributed by atoms with E-state index in [0.717, 1.165) is 17.9 Å². The Bertz CT molecular complexity index is 242. The van der Waals surface area contributed by atoms with E-state index in [2.05, 4.69) is 5.32 Å². The molecule has 0 radical (unpaired) electrons. The molecule has 1 atom stereocenters. The van der Waals surface area contributed by atoms with Gasteiger partial charge in [0.1, 0.15) is 6.54 Å². The van der Waals surface area contributed by atoms with Crippen molar-refractivity contribution in [3.63, 3.8) is 0 Å². The minimum absolute atomic E-state index is 0.259. The van der Waals surface area contributed by atoms with Gasteiger partial charge in [-0.3, -0.25) is 4.79 Å². The minimum atomic E-state index is -0.996. The van der Waals surface area contributed by atoms with Gasteiger partial charge in [0, 0.05) is 13.6 Å². The molecule has 0 aliphatic carbocycles. The molecule has 1 aliphatic heterocycles. The lowest BCUT2D eigenvalue weighted by Crippen LogP contribution is -2.41. The van der Waals surface area contributed by atoms with E-state index in [1.54, 1.807) is 0 Å². The number of urea groups is 1. The fraction of sp³-hybridized carbons (Fsp3) is 0.778. The predicted molar refractivity (Wildman–Crippen MR) is 59.1 cm³/mol. The maximum absolute atomic E-state index is 11.4. The molecule has 2 N–H and O–H groups in total. The Kier molecular flexibility index (Phi) is 4.74. The molecular formula is C9H16N2O3S. The Labute approximate surface area is 93.2 Å². The maximum Gasteiger partial charge on any atom is 0.323 e. The summed E-state index contributed by atoms with van der Waals surface area (Å²) in [5.41, 5.74) is 0. The highest BCUT2D eigenvalue weighted by Crippen LogP contribution is 2.22. The zero-order chi connectivity index (χ0) is 11.3. The number of aliphatic carboxylic acids is 1. The number of hydrogen-bond donors (Lipinski definition) is 2. The lowest BCUT2D eigenvalue weighted by Gasteiger charge is -2.17. The number of nitrogens with zero attached hydrogens (tertiary/aromatic N) is 1. The number of likely N-dealkylation sites (N-methyl/N-ethyl adjacent to an activating group) is 1. The number of carboxylic acids is 1. The molecule has 1 unspecified atom stereocenters. The molecule has 0 aromatic rings. The van der Waals surface area contributed by atoms with Crippen molar-refractivity contribution in [1.82, 2.24) is 10.2 Å². The minimum Gasteiger partial charge on any atom is -0.480 e. The molecular weight excluding hydrogens is 216 g/mol. The SMILES string of the molecule is CN(CC(=O)O)C(=O)NCC1CCSC1. The van der Waals surface area contributed by atoms with E-state index in [9.17, 15) is 9.59 Å². The Balaban J connectivity index is 2.19. The summed E-state index contributed by atoms with van der Waals surface area (Å²) < 4.78 is 0. The molecule has 0 aromatic carbocycles. The van der Waals surface area contributed by atoms with Crippen LogP contribution in [0, 0.1) is 5.92 Å². The van der Waals surface area contributed by atoms with Crippen LogP contribution >= 0.6 is 11.8 Å². The predicted octanol–water partition coefficient (Wildman–Crippen LogP) is 0.466. The number of nitrogens with one attached hydrogen (secondary N) is 1. The smallest absolute Gasteiger partial charge is 0.323 e. The van der Waals surface area contributed by atoms with Gasteiger partial charge in [0.25, 0.3) is 0 Å². The van der Waals surface area contributed by atoms with Crippen LogP contribution in [0.4, 0.5) is 4.79 Å². The van der Waals surface area contributed by atoms with Gasteiger partial charge in [0.15, 0.2) is 0 Å². The molecule has 15 heavy (non-hydrogen) atoms. The summed E-state index contributed by atoms with van der Waals surface area (Å²) in [4.78, 5) is 22.9. The highest BCUT2D eigenvalue weighted by molar-refractivity contribution is 7.99. The molecule has 86 valence electrons. The summed E-state index contributed by atoms with van der Waals surface area (Å²) in [5, 5.41) is 11.2. The number of carboxylic acid groups (broad SMARTS) is 1. The van der Waals surface area contributed by atoms with Crippen molar-refractivity contribution in [2.75, 3.05) is 31.6 Å². The number of rotatable bonds is 4. The summed E-state index contributed by atoms with van der Waals surface area (Å²) in [6.45, 7) is 0.390. The van der Waals surface area contributed by atoms with Crippen LogP contribution in [0.1, 0.15) is 6.42 Å². The van der Waals surface area contributed by atoms with Crippen LogP contribution in [0.5, 0.6) is 0 Å². The first-order valence-corrected chi connectivity index (χ1v) is 6.03. The second-order valence-corrected chi connectivity index (χ2v) is 4.82. The van der Waals surface area contributed by atoms with Crippen LogP contribution in [0.25, 0.3) is 0 Å². The van der Waals surface area contributed by atoms with Crippen molar-refractivity contribution in [3.8, 4) is 0 Å². The third-order valence-electron chi connectivity index (χ3n) is 2.29. The first-order chi connectivity index (χ1) is 7.09. The summed E-state index contributed by atoms with van der Waals surface area (Å²) in [7, 11) is 1.48. The fourth-order valence-corrected chi connectivity index (χ4v) is 2.67. The number of carbonyl (C=O) groups excluding carboxylic acids is 1. The van der Waals surface area contributed by atoms with Gasteiger partial charge in [-0.1, -0.05) is 0 Å². The van der Waals surface area contributed by atoms with Gasteiger partial charge < -0.3 is 15.3 Å². The standard InChI is InChI=1S/C9H16N2O3S/c1-11(5-8(12)13)9(14)10-4-7-2-3-15-6-7/h7H,2-6H2,1H3,(H,10,14)(H,12,13). The Morgan fingerprint density at radius 1 is 1.60 bits per heavy atom. The highest BCUT2D eigenvalue weighted by atomic mass is 32.2. The van der Waals surface area contributed by atoms with E-state index in [1.165, 1.54) is 11.9 Å². The van der Waals surface area contributed by atoms with Crippen LogP contribution in [-0.2, 0) is 4.79 Å². The average Bonchev–Trinajstić information content (AvgIpc) is 2.65. The second kappa shape index (κ2) is 5.85. The highest BCUT2D eigenvalue weighted by Gasteiger charge is 2.17. The molecule has 1 heterocycles. The van der Waals surface area contributed by atoms with E-state index in [0.29, 0.717) is 12.5 Å². The first-order valence-electron chi connectivity index (χ1n) is 4.88. The van der Waals surface area contributed by atoms with Crippen molar-refractivity contribution in [1.29, 1.82) is 0 Å². The summed E-state index contributed by atoms with van der Waals surface area (Å²) >= 11 is 1.89. The molecule has 1 fully saturated rings. The quantitative estimate of drug-likeness (QED) is 0.739. The molecule has 1 rings (SSSR count). The monoisotopic (exact) mass is 232 g/mol. The zero-order valence-corrected chi connectivity index (χ0v) is 9.55. The van der Waals surface area contributed by atoms with Gasteiger partial charge in [-0.2, -0.15) is 11.8 Å². The van der Waals surface area contributed by atoms with Crippen molar-refractivity contribution < 1.29 is 14.7 Å². The van der Waals surface area contributed by atoms with E-state index in [-0.39, 0.29) is 12.6 Å². The van der Waals surface area contributed by atoms with E-state index in [4.69, 9.17) is 5.11 Å². The van der Waals surface area contributed by atoms with Gasteiger partial charge in [-0.25, -0.2) is 4.79 Å². The van der Waals surface area contributed by atoms with Gasteiger partial charge in [0.05, 0.1) is 0 Å². The number of thioether (sulfide) groups is 1.